The Kier molecular flexibility index (Phi) is 4.37. The molecule has 2 aromatic heterocycles. The number of piperidine rings is 2. The third-order valence-corrected chi connectivity index (χ3v) is 8.42. The minimum absolute atomic E-state index is 0.116. The number of hydrogen-bond acceptors (Lipinski definition) is 4. The average molecular weight is 485 g/mol. The molecular weight excluding hydrogens is 458 g/mol. The molecule has 2 aliphatic carbocycles. The maximum Gasteiger partial charge on any atom is 0.219 e. The maximum absolute atomic E-state index is 14.7. The van der Waals surface area contributed by atoms with Crippen LogP contribution in [0.5, 0.6) is 0 Å². The van der Waals surface area contributed by atoms with Gasteiger partial charge in [-0.3, -0.25) is 0 Å². The SMILES string of the molecule is Fc1[nH]c([C@@H]2CC3CC3N2)nc1-c1ccc(-c2ccc(-c3nc([C@@H]4C[C@H]5C[C@H]5N4)[nH]c3F)cc2)cc1. The van der Waals surface area contributed by atoms with Gasteiger partial charge in [-0.15, -0.1) is 0 Å². The Morgan fingerprint density at radius 1 is 0.556 bits per heavy atom. The van der Waals surface area contributed by atoms with Crippen molar-refractivity contribution < 1.29 is 8.78 Å². The van der Waals surface area contributed by atoms with Crippen LogP contribution in [-0.4, -0.2) is 32.0 Å². The van der Waals surface area contributed by atoms with E-state index in [1.54, 1.807) is 0 Å². The summed E-state index contributed by atoms with van der Waals surface area (Å²) in [5.41, 5.74) is 4.18. The second kappa shape index (κ2) is 7.57. The molecule has 4 aromatic rings. The summed E-state index contributed by atoms with van der Waals surface area (Å²) in [6.07, 6.45) is 4.50. The van der Waals surface area contributed by atoms with Gasteiger partial charge in [-0.05, 0) is 48.6 Å². The van der Waals surface area contributed by atoms with Gasteiger partial charge >= 0.3 is 0 Å². The summed E-state index contributed by atoms with van der Waals surface area (Å²) in [5, 5.41) is 7.02. The van der Waals surface area contributed by atoms with Gasteiger partial charge in [0.2, 0.25) is 11.9 Å². The fourth-order valence-electron chi connectivity index (χ4n) is 6.16. The second-order valence-corrected chi connectivity index (χ2v) is 10.8. The van der Waals surface area contributed by atoms with E-state index in [9.17, 15) is 8.78 Å². The Bertz CT molecular complexity index is 1320. The number of nitrogens with zero attached hydrogens (tertiary/aromatic N) is 2. The van der Waals surface area contributed by atoms with Crippen molar-refractivity contribution in [2.24, 2.45) is 11.8 Å². The predicted octanol–water partition coefficient (Wildman–Crippen LogP) is 5.26. The number of aromatic nitrogens is 4. The van der Waals surface area contributed by atoms with Crippen molar-refractivity contribution in [3.63, 3.8) is 0 Å². The van der Waals surface area contributed by atoms with Crippen molar-refractivity contribution >= 4 is 0 Å². The summed E-state index contributed by atoms with van der Waals surface area (Å²) in [5.74, 6) is 2.02. The number of aromatic amines is 2. The molecule has 0 radical (unpaired) electrons. The molecule has 4 N–H and O–H groups in total. The lowest BCUT2D eigenvalue weighted by Gasteiger charge is -2.09. The Morgan fingerprint density at radius 3 is 1.31 bits per heavy atom. The highest BCUT2D eigenvalue weighted by molar-refractivity contribution is 5.71. The van der Waals surface area contributed by atoms with E-state index in [0.29, 0.717) is 35.1 Å². The normalized spacial score (nSPS) is 29.8. The van der Waals surface area contributed by atoms with Crippen LogP contribution in [0.3, 0.4) is 0 Å². The molecule has 2 saturated heterocycles. The predicted molar refractivity (Wildman–Crippen MR) is 132 cm³/mol. The molecule has 36 heavy (non-hydrogen) atoms. The third-order valence-electron chi connectivity index (χ3n) is 8.42. The van der Waals surface area contributed by atoms with Gasteiger partial charge < -0.3 is 20.6 Å². The summed E-state index contributed by atoms with van der Waals surface area (Å²) in [7, 11) is 0. The van der Waals surface area contributed by atoms with Gasteiger partial charge in [0.1, 0.15) is 23.0 Å². The lowest BCUT2D eigenvalue weighted by Crippen LogP contribution is -2.18. The standard InChI is InChI=1S/C28H26F2N6/c29-25-23(33-27(35-25)21-11-17-9-19(17)31-21)15-5-1-13(2-6-15)14-3-7-16(8-4-14)24-26(30)36-28(34-24)22-12-18-10-20(18)32-22/h1-8,17-22,31-32H,9-12H2,(H,33,35)(H,34,36)/t17-,18?,19-,20?,21+,22+/m1/s1. The summed E-state index contributed by atoms with van der Waals surface area (Å²) in [6, 6.07) is 16.8. The average Bonchev–Trinajstić information content (AvgIpc) is 3.51. The summed E-state index contributed by atoms with van der Waals surface area (Å²) in [6.45, 7) is 0. The van der Waals surface area contributed by atoms with Crippen LogP contribution >= 0.6 is 0 Å². The van der Waals surface area contributed by atoms with Gasteiger partial charge in [0.15, 0.2) is 0 Å². The molecule has 182 valence electrons. The van der Waals surface area contributed by atoms with Crippen molar-refractivity contribution in [3.8, 4) is 33.6 Å². The number of benzene rings is 2. The molecule has 4 fully saturated rings. The van der Waals surface area contributed by atoms with Crippen LogP contribution in [0.1, 0.15) is 49.4 Å². The number of H-pyrrole nitrogens is 2. The highest BCUT2D eigenvalue weighted by atomic mass is 19.1. The van der Waals surface area contributed by atoms with E-state index < -0.39 is 11.9 Å². The lowest BCUT2D eigenvalue weighted by atomic mass is 10.0. The number of hydrogen-bond donors (Lipinski definition) is 4. The molecule has 6 atom stereocenters. The Hall–Kier alpha value is -3.36. The smallest absolute Gasteiger partial charge is 0.219 e. The molecule has 2 saturated carbocycles. The third kappa shape index (κ3) is 3.43. The lowest BCUT2D eigenvalue weighted by molar-refractivity contribution is 0.528. The molecule has 2 aromatic carbocycles. The maximum atomic E-state index is 14.7. The fraction of sp³-hybridized carbons (Fsp3) is 0.357. The molecule has 8 heteroatoms. The highest BCUT2D eigenvalue weighted by Crippen LogP contribution is 2.46. The van der Waals surface area contributed by atoms with E-state index in [4.69, 9.17) is 0 Å². The van der Waals surface area contributed by atoms with Gasteiger partial charge in [0.05, 0.1) is 12.1 Å². The van der Waals surface area contributed by atoms with Crippen LogP contribution in [0.2, 0.25) is 0 Å². The van der Waals surface area contributed by atoms with E-state index in [1.807, 2.05) is 48.5 Å². The first-order valence-corrected chi connectivity index (χ1v) is 12.8. The second-order valence-electron chi connectivity index (χ2n) is 10.8. The summed E-state index contributed by atoms with van der Waals surface area (Å²) >= 11 is 0. The van der Waals surface area contributed by atoms with Crippen molar-refractivity contribution in [3.05, 3.63) is 72.1 Å². The van der Waals surface area contributed by atoms with Gasteiger partial charge in [0.25, 0.3) is 0 Å². The topological polar surface area (TPSA) is 81.4 Å². The molecule has 0 spiro atoms. The zero-order valence-corrected chi connectivity index (χ0v) is 19.6. The Labute approximate surface area is 207 Å². The van der Waals surface area contributed by atoms with Crippen molar-refractivity contribution in [1.82, 2.24) is 30.6 Å². The van der Waals surface area contributed by atoms with Crippen LogP contribution in [-0.2, 0) is 0 Å². The van der Waals surface area contributed by atoms with Crippen LogP contribution in [0.4, 0.5) is 8.78 Å². The Balaban J connectivity index is 1.00. The van der Waals surface area contributed by atoms with Crippen LogP contribution in [0.15, 0.2) is 48.5 Å². The molecule has 0 bridgehead atoms. The molecule has 2 aliphatic heterocycles. The van der Waals surface area contributed by atoms with E-state index in [1.165, 1.54) is 12.8 Å². The number of nitrogens with one attached hydrogen (secondary N) is 4. The van der Waals surface area contributed by atoms with Crippen LogP contribution < -0.4 is 10.6 Å². The Morgan fingerprint density at radius 2 is 0.944 bits per heavy atom. The van der Waals surface area contributed by atoms with E-state index >= 15 is 0 Å². The number of fused-ring (bicyclic) bond motifs is 2. The van der Waals surface area contributed by atoms with Crippen molar-refractivity contribution in [2.45, 2.75) is 49.9 Å². The minimum atomic E-state index is -0.394. The van der Waals surface area contributed by atoms with Gasteiger partial charge in [-0.1, -0.05) is 48.5 Å². The number of rotatable bonds is 5. The minimum Gasteiger partial charge on any atom is -0.317 e. The monoisotopic (exact) mass is 484 g/mol. The zero-order valence-electron chi connectivity index (χ0n) is 19.6. The highest BCUT2D eigenvalue weighted by Gasteiger charge is 2.47. The van der Waals surface area contributed by atoms with E-state index in [2.05, 4.69) is 30.6 Å². The largest absolute Gasteiger partial charge is 0.317 e. The molecule has 4 heterocycles. The van der Waals surface area contributed by atoms with Gasteiger partial charge in [0, 0.05) is 23.2 Å². The molecule has 8 rings (SSSR count). The summed E-state index contributed by atoms with van der Waals surface area (Å²) < 4.78 is 29.3. The van der Waals surface area contributed by atoms with Gasteiger partial charge in [-0.25, -0.2) is 9.97 Å². The number of halogens is 2. The molecular formula is C28H26F2N6. The van der Waals surface area contributed by atoms with E-state index in [0.717, 1.165) is 46.9 Å². The molecule has 2 unspecified atom stereocenters. The first-order valence-electron chi connectivity index (χ1n) is 12.8. The van der Waals surface area contributed by atoms with Crippen molar-refractivity contribution in [1.29, 1.82) is 0 Å². The molecule has 0 amide bonds. The van der Waals surface area contributed by atoms with Gasteiger partial charge in [-0.2, -0.15) is 8.78 Å². The molecule has 4 aliphatic rings. The zero-order chi connectivity index (χ0) is 24.0. The number of imidazole rings is 2. The summed E-state index contributed by atoms with van der Waals surface area (Å²) in [4.78, 5) is 14.8. The quantitative estimate of drug-likeness (QED) is 0.312. The molecule has 6 nitrogen and oxygen atoms in total. The fourth-order valence-corrected chi connectivity index (χ4v) is 6.16. The van der Waals surface area contributed by atoms with E-state index in [-0.39, 0.29) is 12.1 Å². The first kappa shape index (κ1) is 20.8. The van der Waals surface area contributed by atoms with Crippen molar-refractivity contribution in [2.75, 3.05) is 0 Å². The van der Waals surface area contributed by atoms with Crippen LogP contribution in [0, 0.1) is 23.7 Å². The first-order chi connectivity index (χ1) is 17.6. The van der Waals surface area contributed by atoms with Crippen LogP contribution in [0.25, 0.3) is 33.6 Å².